The fourth-order valence-electron chi connectivity index (χ4n) is 3.20. The molecule has 1 fully saturated rings. The van der Waals surface area contributed by atoms with Crippen LogP contribution in [-0.2, 0) is 16.8 Å². The molecule has 3 heteroatoms. The predicted octanol–water partition coefficient (Wildman–Crippen LogP) is 2.06. The molecular weight excluding hydrogens is 188 g/mol. The number of hydrogen-bond donors (Lipinski definition) is 0. The van der Waals surface area contributed by atoms with Gasteiger partial charge in [0, 0.05) is 19.2 Å². The highest BCUT2D eigenvalue weighted by molar-refractivity contribution is 5.90. The van der Waals surface area contributed by atoms with Gasteiger partial charge in [-0.25, -0.2) is 4.98 Å². The van der Waals surface area contributed by atoms with Crippen LogP contribution in [0.4, 0.5) is 0 Å². The minimum atomic E-state index is -0.160. The van der Waals surface area contributed by atoms with Crippen LogP contribution in [0.5, 0.6) is 0 Å². The molecule has 1 aliphatic heterocycles. The number of ketones is 1. The molecule has 0 N–H and O–H groups in total. The Hall–Kier alpha value is -1.12. The van der Waals surface area contributed by atoms with Crippen LogP contribution in [-0.4, -0.2) is 15.3 Å². The summed E-state index contributed by atoms with van der Waals surface area (Å²) in [5.74, 6) is 0.454. The Labute approximate surface area is 89.5 Å². The van der Waals surface area contributed by atoms with E-state index in [9.17, 15) is 4.79 Å². The lowest BCUT2D eigenvalue weighted by Crippen LogP contribution is -2.42. The first-order valence-corrected chi connectivity index (χ1v) is 5.87. The first-order chi connectivity index (χ1) is 7.33. The topological polar surface area (TPSA) is 34.9 Å². The van der Waals surface area contributed by atoms with E-state index >= 15 is 0 Å². The highest BCUT2D eigenvalue weighted by Crippen LogP contribution is 2.42. The van der Waals surface area contributed by atoms with Gasteiger partial charge in [-0.2, -0.15) is 0 Å². The monoisotopic (exact) mass is 204 g/mol. The van der Waals surface area contributed by atoms with Gasteiger partial charge < -0.3 is 4.57 Å². The highest BCUT2D eigenvalue weighted by atomic mass is 16.1. The molecule has 0 bridgehead atoms. The molecule has 15 heavy (non-hydrogen) atoms. The second-order valence-corrected chi connectivity index (χ2v) is 4.79. The van der Waals surface area contributed by atoms with Gasteiger partial charge in [0.15, 0.2) is 0 Å². The summed E-state index contributed by atoms with van der Waals surface area (Å²) in [6, 6.07) is 0. The van der Waals surface area contributed by atoms with E-state index in [0.29, 0.717) is 5.78 Å². The van der Waals surface area contributed by atoms with Crippen molar-refractivity contribution in [3.63, 3.8) is 0 Å². The third-order valence-electron chi connectivity index (χ3n) is 4.00. The van der Waals surface area contributed by atoms with Crippen LogP contribution in [0.15, 0.2) is 12.5 Å². The maximum atomic E-state index is 12.2. The van der Waals surface area contributed by atoms with Crippen LogP contribution < -0.4 is 0 Å². The third kappa shape index (κ3) is 1.18. The zero-order valence-electron chi connectivity index (χ0n) is 8.91. The van der Waals surface area contributed by atoms with Gasteiger partial charge in [0.1, 0.15) is 5.78 Å². The van der Waals surface area contributed by atoms with Gasteiger partial charge in [-0.05, 0) is 25.7 Å². The van der Waals surface area contributed by atoms with Gasteiger partial charge in [0.25, 0.3) is 0 Å². The normalized spacial score (nSPS) is 30.5. The quantitative estimate of drug-likeness (QED) is 0.648. The van der Waals surface area contributed by atoms with E-state index in [0.717, 1.165) is 38.6 Å². The Morgan fingerprint density at radius 3 is 3.00 bits per heavy atom. The molecule has 0 saturated heterocycles. The van der Waals surface area contributed by atoms with Gasteiger partial charge in [-0.15, -0.1) is 0 Å². The Balaban J connectivity index is 2.09. The average molecular weight is 204 g/mol. The number of rotatable bonds is 0. The van der Waals surface area contributed by atoms with Crippen molar-refractivity contribution in [1.82, 2.24) is 9.55 Å². The number of carbonyl (C=O) groups is 1. The Morgan fingerprint density at radius 2 is 2.13 bits per heavy atom. The highest BCUT2D eigenvalue weighted by Gasteiger charge is 2.44. The van der Waals surface area contributed by atoms with E-state index in [1.165, 1.54) is 12.1 Å². The van der Waals surface area contributed by atoms with Gasteiger partial charge in [0.2, 0.25) is 0 Å². The Bertz CT molecular complexity index is 396. The average Bonchev–Trinajstić information content (AvgIpc) is 2.72. The van der Waals surface area contributed by atoms with E-state index in [-0.39, 0.29) is 5.41 Å². The number of carbonyl (C=O) groups excluding carboxylic acids is 1. The summed E-state index contributed by atoms with van der Waals surface area (Å²) < 4.78 is 2.17. The van der Waals surface area contributed by atoms with E-state index in [1.54, 1.807) is 0 Å². The van der Waals surface area contributed by atoms with Crippen LogP contribution in [0.3, 0.4) is 0 Å². The second kappa shape index (κ2) is 3.19. The SMILES string of the molecule is O=C1CCCCC12CCCn1cncc12. The van der Waals surface area contributed by atoms with Crippen molar-refractivity contribution in [2.45, 2.75) is 50.5 Å². The molecule has 1 aliphatic carbocycles. The summed E-state index contributed by atoms with van der Waals surface area (Å²) in [5, 5.41) is 0. The number of hydrogen-bond acceptors (Lipinski definition) is 2. The van der Waals surface area contributed by atoms with Crippen LogP contribution >= 0.6 is 0 Å². The van der Waals surface area contributed by atoms with Crippen LogP contribution in [0, 0.1) is 0 Å². The first-order valence-electron chi connectivity index (χ1n) is 5.87. The predicted molar refractivity (Wildman–Crippen MR) is 56.6 cm³/mol. The number of aromatic nitrogens is 2. The van der Waals surface area contributed by atoms with Crippen LogP contribution in [0.1, 0.15) is 44.2 Å². The van der Waals surface area contributed by atoms with Crippen molar-refractivity contribution < 1.29 is 4.79 Å². The summed E-state index contributed by atoms with van der Waals surface area (Å²) in [6.45, 7) is 1.03. The molecule has 2 heterocycles. The van der Waals surface area contributed by atoms with E-state index in [4.69, 9.17) is 0 Å². The maximum absolute atomic E-state index is 12.2. The molecule has 80 valence electrons. The standard InChI is InChI=1S/C12H16N2O/c15-11-4-1-2-5-12(11)6-3-7-14-9-13-8-10(12)14/h8-9H,1-7H2. The van der Waals surface area contributed by atoms with Crippen LogP contribution in [0.25, 0.3) is 0 Å². The van der Waals surface area contributed by atoms with Gasteiger partial charge in [0.05, 0.1) is 17.4 Å². The fraction of sp³-hybridized carbons (Fsp3) is 0.667. The number of aryl methyl sites for hydroxylation is 1. The van der Waals surface area contributed by atoms with Crippen molar-refractivity contribution in [1.29, 1.82) is 0 Å². The number of imidazole rings is 1. The van der Waals surface area contributed by atoms with Gasteiger partial charge in [-0.1, -0.05) is 6.42 Å². The van der Waals surface area contributed by atoms with E-state index < -0.39 is 0 Å². The summed E-state index contributed by atoms with van der Waals surface area (Å²) in [5.41, 5.74) is 1.02. The zero-order valence-corrected chi connectivity index (χ0v) is 8.91. The lowest BCUT2D eigenvalue weighted by molar-refractivity contribution is -0.127. The molecule has 0 radical (unpaired) electrons. The molecule has 2 aliphatic rings. The van der Waals surface area contributed by atoms with Crippen molar-refractivity contribution in [3.8, 4) is 0 Å². The summed E-state index contributed by atoms with van der Waals surface area (Å²) in [6.07, 6.45) is 10.0. The summed E-state index contributed by atoms with van der Waals surface area (Å²) in [4.78, 5) is 16.4. The van der Waals surface area contributed by atoms with Crippen molar-refractivity contribution in [3.05, 3.63) is 18.2 Å². The smallest absolute Gasteiger partial charge is 0.144 e. The summed E-state index contributed by atoms with van der Waals surface area (Å²) in [7, 11) is 0. The van der Waals surface area contributed by atoms with Crippen LogP contribution in [0.2, 0.25) is 0 Å². The fourth-order valence-corrected chi connectivity index (χ4v) is 3.20. The van der Waals surface area contributed by atoms with E-state index in [1.807, 2.05) is 12.5 Å². The largest absolute Gasteiger partial charge is 0.334 e. The molecule has 1 aromatic heterocycles. The molecule has 1 spiro atoms. The number of Topliss-reactive ketones (excluding diaryl/α,β-unsaturated/α-hetero) is 1. The molecule has 0 amide bonds. The lowest BCUT2D eigenvalue weighted by atomic mass is 9.67. The Kier molecular flexibility index (Phi) is 1.94. The minimum Gasteiger partial charge on any atom is -0.334 e. The third-order valence-corrected chi connectivity index (χ3v) is 4.00. The first kappa shape index (κ1) is 9.13. The molecule has 1 aromatic rings. The lowest BCUT2D eigenvalue weighted by Gasteiger charge is -2.39. The molecule has 3 rings (SSSR count). The van der Waals surface area contributed by atoms with Gasteiger partial charge in [-0.3, -0.25) is 4.79 Å². The van der Waals surface area contributed by atoms with Gasteiger partial charge >= 0.3 is 0 Å². The number of nitrogens with zero attached hydrogens (tertiary/aromatic N) is 2. The van der Waals surface area contributed by atoms with Crippen molar-refractivity contribution >= 4 is 5.78 Å². The molecule has 0 aromatic carbocycles. The molecule has 1 atom stereocenters. The van der Waals surface area contributed by atoms with Crippen molar-refractivity contribution in [2.75, 3.05) is 0 Å². The molecule has 3 nitrogen and oxygen atoms in total. The zero-order chi connectivity index (χ0) is 10.3. The minimum absolute atomic E-state index is 0.160. The number of fused-ring (bicyclic) bond motifs is 2. The second-order valence-electron chi connectivity index (χ2n) is 4.79. The molecule has 1 saturated carbocycles. The van der Waals surface area contributed by atoms with E-state index in [2.05, 4.69) is 9.55 Å². The summed E-state index contributed by atoms with van der Waals surface area (Å²) >= 11 is 0. The Morgan fingerprint density at radius 1 is 1.27 bits per heavy atom. The molecular formula is C12H16N2O. The maximum Gasteiger partial charge on any atom is 0.144 e. The van der Waals surface area contributed by atoms with Crippen molar-refractivity contribution in [2.24, 2.45) is 0 Å². The molecule has 1 unspecified atom stereocenters.